The number of carbonyl (C=O) groups excluding carboxylic acids is 1. The van der Waals surface area contributed by atoms with Crippen molar-refractivity contribution in [3.63, 3.8) is 0 Å². The molecule has 0 radical (unpaired) electrons. The molecule has 0 bridgehead atoms. The molecule has 1 aliphatic rings. The zero-order valence-corrected chi connectivity index (χ0v) is 11.6. The van der Waals surface area contributed by atoms with Gasteiger partial charge in [-0.3, -0.25) is 4.79 Å². The SMILES string of the molecule is N#CC1CCN(C(=O)c2ccc(F)c3ccccc23)CC1. The summed E-state index contributed by atoms with van der Waals surface area (Å²) in [6, 6.07) is 12.2. The van der Waals surface area contributed by atoms with Crippen LogP contribution in [0, 0.1) is 23.1 Å². The Hall–Kier alpha value is -2.41. The summed E-state index contributed by atoms with van der Waals surface area (Å²) in [5, 5.41) is 10.0. The summed E-state index contributed by atoms with van der Waals surface area (Å²) in [5.41, 5.74) is 0.530. The second kappa shape index (κ2) is 5.53. The average Bonchev–Trinajstić information content (AvgIpc) is 2.55. The van der Waals surface area contributed by atoms with E-state index in [1.807, 2.05) is 0 Å². The molecule has 1 heterocycles. The molecule has 0 saturated carbocycles. The molecule has 0 atom stereocenters. The van der Waals surface area contributed by atoms with Gasteiger partial charge in [0.1, 0.15) is 5.82 Å². The Morgan fingerprint density at radius 2 is 1.81 bits per heavy atom. The van der Waals surface area contributed by atoms with Crippen LogP contribution in [0.3, 0.4) is 0 Å². The minimum atomic E-state index is -0.315. The zero-order chi connectivity index (χ0) is 14.8. The summed E-state index contributed by atoms with van der Waals surface area (Å²) in [6.07, 6.45) is 1.42. The summed E-state index contributed by atoms with van der Waals surface area (Å²) >= 11 is 0. The van der Waals surface area contributed by atoms with Crippen LogP contribution in [-0.2, 0) is 0 Å². The third kappa shape index (κ3) is 2.47. The number of likely N-dealkylation sites (tertiary alicyclic amines) is 1. The lowest BCUT2D eigenvalue weighted by atomic mass is 9.97. The maximum atomic E-state index is 13.8. The lowest BCUT2D eigenvalue weighted by Crippen LogP contribution is -2.38. The molecule has 0 N–H and O–H groups in total. The first kappa shape index (κ1) is 13.6. The lowest BCUT2D eigenvalue weighted by Gasteiger charge is -2.29. The molecule has 1 aliphatic heterocycles. The quantitative estimate of drug-likeness (QED) is 0.805. The number of nitrogens with zero attached hydrogens (tertiary/aromatic N) is 2. The molecule has 2 aromatic carbocycles. The zero-order valence-electron chi connectivity index (χ0n) is 11.6. The van der Waals surface area contributed by atoms with Crippen LogP contribution < -0.4 is 0 Å². The summed E-state index contributed by atoms with van der Waals surface area (Å²) < 4.78 is 13.8. The van der Waals surface area contributed by atoms with E-state index in [9.17, 15) is 9.18 Å². The third-order valence-electron chi connectivity index (χ3n) is 4.07. The highest BCUT2D eigenvalue weighted by atomic mass is 19.1. The van der Waals surface area contributed by atoms with Gasteiger partial charge in [-0.15, -0.1) is 0 Å². The van der Waals surface area contributed by atoms with Crippen LogP contribution in [0.15, 0.2) is 36.4 Å². The Morgan fingerprint density at radius 1 is 1.14 bits per heavy atom. The van der Waals surface area contributed by atoms with Gasteiger partial charge in [0.15, 0.2) is 0 Å². The maximum Gasteiger partial charge on any atom is 0.254 e. The van der Waals surface area contributed by atoms with Crippen LogP contribution in [0.4, 0.5) is 4.39 Å². The third-order valence-corrected chi connectivity index (χ3v) is 4.07. The van der Waals surface area contributed by atoms with Gasteiger partial charge in [-0.1, -0.05) is 24.3 Å². The van der Waals surface area contributed by atoms with E-state index >= 15 is 0 Å². The van der Waals surface area contributed by atoms with Crippen LogP contribution in [0.1, 0.15) is 23.2 Å². The minimum Gasteiger partial charge on any atom is -0.339 e. The van der Waals surface area contributed by atoms with Gasteiger partial charge in [0, 0.05) is 30.0 Å². The van der Waals surface area contributed by atoms with Gasteiger partial charge >= 0.3 is 0 Å². The highest BCUT2D eigenvalue weighted by Crippen LogP contribution is 2.25. The molecule has 1 saturated heterocycles. The van der Waals surface area contributed by atoms with E-state index in [1.54, 1.807) is 35.2 Å². The summed E-state index contributed by atoms with van der Waals surface area (Å²) in [6.45, 7) is 1.17. The predicted molar refractivity (Wildman–Crippen MR) is 78.1 cm³/mol. The largest absolute Gasteiger partial charge is 0.339 e. The molecular formula is C17H15FN2O. The molecule has 0 spiro atoms. The van der Waals surface area contributed by atoms with Crippen molar-refractivity contribution in [3.05, 3.63) is 47.8 Å². The molecule has 3 rings (SSSR count). The van der Waals surface area contributed by atoms with Crippen molar-refractivity contribution >= 4 is 16.7 Å². The molecule has 106 valence electrons. The minimum absolute atomic E-state index is 0.0408. The summed E-state index contributed by atoms with van der Waals surface area (Å²) in [5.74, 6) is -0.355. The smallest absolute Gasteiger partial charge is 0.254 e. The Morgan fingerprint density at radius 3 is 2.48 bits per heavy atom. The van der Waals surface area contributed by atoms with Crippen LogP contribution >= 0.6 is 0 Å². The number of halogens is 1. The van der Waals surface area contributed by atoms with Crippen molar-refractivity contribution in [2.24, 2.45) is 5.92 Å². The van der Waals surface area contributed by atoms with Gasteiger partial charge in [0.05, 0.1) is 6.07 Å². The first-order chi connectivity index (χ1) is 10.2. The van der Waals surface area contributed by atoms with E-state index in [4.69, 9.17) is 5.26 Å². The first-order valence-electron chi connectivity index (χ1n) is 7.07. The van der Waals surface area contributed by atoms with Crippen molar-refractivity contribution in [2.75, 3.05) is 13.1 Å². The van der Waals surface area contributed by atoms with Gasteiger partial charge < -0.3 is 4.90 Å². The number of carbonyl (C=O) groups is 1. The van der Waals surface area contributed by atoms with Crippen LogP contribution in [0.25, 0.3) is 10.8 Å². The van der Waals surface area contributed by atoms with Crippen LogP contribution in [0.5, 0.6) is 0 Å². The van der Waals surface area contributed by atoms with Gasteiger partial charge in [0.2, 0.25) is 0 Å². The molecule has 0 unspecified atom stereocenters. The van der Waals surface area contributed by atoms with E-state index in [0.717, 1.165) is 0 Å². The van der Waals surface area contributed by atoms with Crippen molar-refractivity contribution < 1.29 is 9.18 Å². The van der Waals surface area contributed by atoms with E-state index in [-0.39, 0.29) is 17.6 Å². The standard InChI is InChI=1S/C17H15FN2O/c18-16-6-5-15(13-3-1-2-4-14(13)16)17(21)20-9-7-12(11-19)8-10-20/h1-6,12H,7-10H2. The molecular weight excluding hydrogens is 267 g/mol. The Bertz CT molecular complexity index is 727. The number of fused-ring (bicyclic) bond motifs is 1. The number of hydrogen-bond acceptors (Lipinski definition) is 2. The van der Waals surface area contributed by atoms with E-state index in [2.05, 4.69) is 6.07 Å². The maximum absolute atomic E-state index is 13.8. The average molecular weight is 282 g/mol. The second-order valence-electron chi connectivity index (χ2n) is 5.34. The monoisotopic (exact) mass is 282 g/mol. The number of nitriles is 1. The fourth-order valence-corrected chi connectivity index (χ4v) is 2.83. The fraction of sp³-hybridized carbons (Fsp3) is 0.294. The number of benzene rings is 2. The second-order valence-corrected chi connectivity index (χ2v) is 5.34. The van der Waals surface area contributed by atoms with Gasteiger partial charge in [-0.05, 0) is 30.4 Å². The molecule has 1 amide bonds. The van der Waals surface area contributed by atoms with Crippen LogP contribution in [-0.4, -0.2) is 23.9 Å². The molecule has 3 nitrogen and oxygen atoms in total. The van der Waals surface area contributed by atoms with Gasteiger partial charge in [0.25, 0.3) is 5.91 Å². The Kier molecular flexibility index (Phi) is 3.57. The van der Waals surface area contributed by atoms with Crippen LogP contribution in [0.2, 0.25) is 0 Å². The van der Waals surface area contributed by atoms with Crippen molar-refractivity contribution in [3.8, 4) is 6.07 Å². The first-order valence-corrected chi connectivity index (χ1v) is 7.07. The summed E-state index contributed by atoms with van der Waals surface area (Å²) in [7, 11) is 0. The highest BCUT2D eigenvalue weighted by molar-refractivity contribution is 6.07. The van der Waals surface area contributed by atoms with E-state index in [1.165, 1.54) is 6.07 Å². The topological polar surface area (TPSA) is 44.1 Å². The fourth-order valence-electron chi connectivity index (χ4n) is 2.83. The van der Waals surface area contributed by atoms with Gasteiger partial charge in [-0.2, -0.15) is 5.26 Å². The van der Waals surface area contributed by atoms with Crippen molar-refractivity contribution in [1.29, 1.82) is 5.26 Å². The highest BCUT2D eigenvalue weighted by Gasteiger charge is 2.24. The Balaban J connectivity index is 1.93. The molecule has 2 aromatic rings. The van der Waals surface area contributed by atoms with E-state index < -0.39 is 0 Å². The summed E-state index contributed by atoms with van der Waals surface area (Å²) in [4.78, 5) is 14.4. The van der Waals surface area contributed by atoms with Gasteiger partial charge in [-0.25, -0.2) is 4.39 Å². The normalized spacial score (nSPS) is 15.9. The number of rotatable bonds is 1. The van der Waals surface area contributed by atoms with E-state index in [0.29, 0.717) is 42.3 Å². The number of hydrogen-bond donors (Lipinski definition) is 0. The molecule has 21 heavy (non-hydrogen) atoms. The molecule has 0 aliphatic carbocycles. The number of piperidine rings is 1. The van der Waals surface area contributed by atoms with Crippen molar-refractivity contribution in [2.45, 2.75) is 12.8 Å². The molecule has 0 aromatic heterocycles. The number of amides is 1. The predicted octanol–water partition coefficient (Wildman–Crippen LogP) is 3.35. The lowest BCUT2D eigenvalue weighted by molar-refractivity contribution is 0.0709. The molecule has 1 fully saturated rings. The molecule has 4 heteroatoms. The Labute approximate surface area is 122 Å². The van der Waals surface area contributed by atoms with Crippen molar-refractivity contribution in [1.82, 2.24) is 4.90 Å².